The van der Waals surface area contributed by atoms with Crippen molar-refractivity contribution in [3.05, 3.63) is 23.4 Å². The van der Waals surface area contributed by atoms with Gasteiger partial charge in [-0.1, -0.05) is 11.6 Å². The number of nitrogens with zero attached hydrogens (tertiary/aromatic N) is 3. The second-order valence-electron chi connectivity index (χ2n) is 5.95. The molecule has 3 heterocycles. The summed E-state index contributed by atoms with van der Waals surface area (Å²) in [5.74, 6) is 1.06. The molecule has 2 saturated heterocycles. The average Bonchev–Trinajstić information content (AvgIpc) is 2.55. The molecule has 22 heavy (non-hydrogen) atoms. The molecule has 6 heteroatoms. The molecule has 0 radical (unpaired) electrons. The SMILES string of the molecule is C[C@H]1OCCC[C@H]1C(=O)N1CCN(c2ncccc2Cl)CC1. The molecular weight excluding hydrogens is 302 g/mol. The van der Waals surface area contributed by atoms with E-state index in [1.54, 1.807) is 6.20 Å². The second kappa shape index (κ2) is 6.84. The van der Waals surface area contributed by atoms with E-state index in [1.807, 2.05) is 24.0 Å². The van der Waals surface area contributed by atoms with Crippen molar-refractivity contribution in [3.63, 3.8) is 0 Å². The number of anilines is 1. The van der Waals surface area contributed by atoms with Crippen LogP contribution in [0.1, 0.15) is 19.8 Å². The number of rotatable bonds is 2. The zero-order chi connectivity index (χ0) is 15.5. The minimum atomic E-state index is 0.0127. The maximum Gasteiger partial charge on any atom is 0.228 e. The highest BCUT2D eigenvalue weighted by Crippen LogP contribution is 2.26. The third kappa shape index (κ3) is 3.20. The Hall–Kier alpha value is -1.33. The molecule has 2 aliphatic heterocycles. The van der Waals surface area contributed by atoms with Crippen LogP contribution in [0, 0.1) is 5.92 Å². The van der Waals surface area contributed by atoms with E-state index in [1.165, 1.54) is 0 Å². The summed E-state index contributed by atoms with van der Waals surface area (Å²) in [6.07, 6.45) is 3.69. The number of hydrogen-bond acceptors (Lipinski definition) is 4. The van der Waals surface area contributed by atoms with Crippen LogP contribution in [0.15, 0.2) is 18.3 Å². The fourth-order valence-electron chi connectivity index (χ4n) is 3.23. The summed E-state index contributed by atoms with van der Waals surface area (Å²) in [6.45, 7) is 5.75. The monoisotopic (exact) mass is 323 g/mol. The highest BCUT2D eigenvalue weighted by atomic mass is 35.5. The Morgan fingerprint density at radius 3 is 2.82 bits per heavy atom. The summed E-state index contributed by atoms with van der Waals surface area (Å²) in [5, 5.41) is 0.663. The van der Waals surface area contributed by atoms with Crippen LogP contribution in [-0.4, -0.2) is 54.7 Å². The Morgan fingerprint density at radius 1 is 1.36 bits per heavy atom. The summed E-state index contributed by atoms with van der Waals surface area (Å²) in [5.41, 5.74) is 0. The van der Waals surface area contributed by atoms with E-state index in [9.17, 15) is 4.79 Å². The van der Waals surface area contributed by atoms with Crippen molar-refractivity contribution >= 4 is 23.3 Å². The van der Waals surface area contributed by atoms with Gasteiger partial charge in [-0.2, -0.15) is 0 Å². The van der Waals surface area contributed by atoms with Gasteiger partial charge in [0.25, 0.3) is 0 Å². The first-order chi connectivity index (χ1) is 10.7. The molecule has 2 fully saturated rings. The molecule has 2 atom stereocenters. The van der Waals surface area contributed by atoms with Crippen molar-refractivity contribution in [1.82, 2.24) is 9.88 Å². The van der Waals surface area contributed by atoms with Crippen molar-refractivity contribution in [2.24, 2.45) is 5.92 Å². The van der Waals surface area contributed by atoms with E-state index in [-0.39, 0.29) is 17.9 Å². The van der Waals surface area contributed by atoms with Crippen molar-refractivity contribution in [3.8, 4) is 0 Å². The third-order valence-electron chi connectivity index (χ3n) is 4.55. The van der Waals surface area contributed by atoms with E-state index in [4.69, 9.17) is 16.3 Å². The lowest BCUT2D eigenvalue weighted by atomic mass is 9.93. The van der Waals surface area contributed by atoms with E-state index in [0.717, 1.165) is 51.4 Å². The molecule has 0 bridgehead atoms. The van der Waals surface area contributed by atoms with Crippen molar-refractivity contribution < 1.29 is 9.53 Å². The maximum atomic E-state index is 12.7. The largest absolute Gasteiger partial charge is 0.378 e. The van der Waals surface area contributed by atoms with E-state index < -0.39 is 0 Å². The predicted octanol–water partition coefficient (Wildman–Crippen LogP) is 2.20. The van der Waals surface area contributed by atoms with Gasteiger partial charge in [-0.25, -0.2) is 4.98 Å². The van der Waals surface area contributed by atoms with Gasteiger partial charge in [0, 0.05) is 39.0 Å². The lowest BCUT2D eigenvalue weighted by molar-refractivity contribution is -0.144. The zero-order valence-electron chi connectivity index (χ0n) is 12.9. The van der Waals surface area contributed by atoms with Crippen LogP contribution < -0.4 is 4.90 Å². The Kier molecular flexibility index (Phi) is 4.84. The summed E-state index contributed by atoms with van der Waals surface area (Å²) in [7, 11) is 0. The highest BCUT2D eigenvalue weighted by Gasteiger charge is 2.33. The van der Waals surface area contributed by atoms with Crippen molar-refractivity contribution in [1.29, 1.82) is 0 Å². The third-order valence-corrected chi connectivity index (χ3v) is 4.85. The molecule has 5 nitrogen and oxygen atoms in total. The number of halogens is 1. The lowest BCUT2D eigenvalue weighted by Gasteiger charge is -2.39. The molecule has 0 aliphatic carbocycles. The topological polar surface area (TPSA) is 45.7 Å². The number of carbonyl (C=O) groups excluding carboxylic acids is 1. The Morgan fingerprint density at radius 2 is 2.14 bits per heavy atom. The number of pyridine rings is 1. The molecule has 0 unspecified atom stereocenters. The van der Waals surface area contributed by atoms with Gasteiger partial charge in [0.15, 0.2) is 0 Å². The second-order valence-corrected chi connectivity index (χ2v) is 6.35. The van der Waals surface area contributed by atoms with Crippen LogP contribution in [0.25, 0.3) is 0 Å². The number of amides is 1. The fourth-order valence-corrected chi connectivity index (χ4v) is 3.47. The predicted molar refractivity (Wildman–Crippen MR) is 86.2 cm³/mol. The summed E-state index contributed by atoms with van der Waals surface area (Å²) < 4.78 is 5.62. The summed E-state index contributed by atoms with van der Waals surface area (Å²) in [4.78, 5) is 21.1. The van der Waals surface area contributed by atoms with Gasteiger partial charge in [-0.15, -0.1) is 0 Å². The molecule has 1 aromatic rings. The molecular formula is C16H22ClN3O2. The van der Waals surface area contributed by atoms with Gasteiger partial charge in [-0.05, 0) is 31.9 Å². The summed E-state index contributed by atoms with van der Waals surface area (Å²) in [6, 6.07) is 3.68. The van der Waals surface area contributed by atoms with Crippen LogP contribution in [0.4, 0.5) is 5.82 Å². The van der Waals surface area contributed by atoms with Crippen LogP contribution in [-0.2, 0) is 9.53 Å². The molecule has 120 valence electrons. The molecule has 1 aromatic heterocycles. The first-order valence-corrected chi connectivity index (χ1v) is 8.30. The molecule has 0 N–H and O–H groups in total. The van der Waals surface area contributed by atoms with E-state index >= 15 is 0 Å². The van der Waals surface area contributed by atoms with Crippen LogP contribution in [0.5, 0.6) is 0 Å². The lowest BCUT2D eigenvalue weighted by Crippen LogP contribution is -2.52. The van der Waals surface area contributed by atoms with Crippen LogP contribution in [0.3, 0.4) is 0 Å². The first kappa shape index (κ1) is 15.6. The first-order valence-electron chi connectivity index (χ1n) is 7.92. The fraction of sp³-hybridized carbons (Fsp3) is 0.625. The molecule has 1 amide bonds. The van der Waals surface area contributed by atoms with Crippen molar-refractivity contribution in [2.75, 3.05) is 37.7 Å². The van der Waals surface area contributed by atoms with Gasteiger partial charge in [0.05, 0.1) is 17.0 Å². The maximum absolute atomic E-state index is 12.7. The normalized spacial score (nSPS) is 26.1. The van der Waals surface area contributed by atoms with Crippen LogP contribution >= 0.6 is 11.6 Å². The van der Waals surface area contributed by atoms with Crippen LogP contribution in [0.2, 0.25) is 5.02 Å². The Labute approximate surface area is 136 Å². The smallest absolute Gasteiger partial charge is 0.228 e. The van der Waals surface area contributed by atoms with E-state index in [0.29, 0.717) is 5.02 Å². The molecule has 0 spiro atoms. The quantitative estimate of drug-likeness (QED) is 0.837. The molecule has 0 aromatic carbocycles. The van der Waals surface area contributed by atoms with Crippen molar-refractivity contribution in [2.45, 2.75) is 25.9 Å². The Balaban J connectivity index is 1.59. The van der Waals surface area contributed by atoms with Gasteiger partial charge in [0.2, 0.25) is 5.91 Å². The van der Waals surface area contributed by atoms with Gasteiger partial charge in [-0.3, -0.25) is 4.79 Å². The standard InChI is InChI=1S/C16H22ClN3O2/c1-12-13(4-3-11-22-12)16(21)20-9-7-19(8-10-20)15-14(17)5-2-6-18-15/h2,5-6,12-13H,3-4,7-11H2,1H3/t12-,13-/m1/s1. The Bertz CT molecular complexity index is 532. The molecule has 2 aliphatic rings. The zero-order valence-corrected chi connectivity index (χ0v) is 13.6. The number of aromatic nitrogens is 1. The molecule has 0 saturated carbocycles. The van der Waals surface area contributed by atoms with Gasteiger partial charge >= 0.3 is 0 Å². The number of ether oxygens (including phenoxy) is 1. The van der Waals surface area contributed by atoms with Gasteiger partial charge in [0.1, 0.15) is 5.82 Å². The summed E-state index contributed by atoms with van der Waals surface area (Å²) >= 11 is 6.20. The number of carbonyl (C=O) groups is 1. The number of piperazine rings is 1. The van der Waals surface area contributed by atoms with Gasteiger partial charge < -0.3 is 14.5 Å². The minimum absolute atomic E-state index is 0.0127. The number of hydrogen-bond donors (Lipinski definition) is 0. The average molecular weight is 324 g/mol. The van der Waals surface area contributed by atoms with E-state index in [2.05, 4.69) is 9.88 Å². The highest BCUT2D eigenvalue weighted by molar-refractivity contribution is 6.32. The molecule has 3 rings (SSSR count). The minimum Gasteiger partial charge on any atom is -0.378 e.